The summed E-state index contributed by atoms with van der Waals surface area (Å²) in [6.45, 7) is 4.28. The van der Waals surface area contributed by atoms with Crippen LogP contribution in [0.25, 0.3) is 0 Å². The largest absolute Gasteiger partial charge is 0.385 e. The fourth-order valence-corrected chi connectivity index (χ4v) is 2.71. The highest BCUT2D eigenvalue weighted by atomic mass is 16.5. The molecule has 2 aromatic heterocycles. The molecule has 6 nitrogen and oxygen atoms in total. The van der Waals surface area contributed by atoms with Gasteiger partial charge in [-0.3, -0.25) is 9.88 Å². The first-order valence-corrected chi connectivity index (χ1v) is 7.36. The maximum Gasteiger partial charge on any atom is 0.226 e. The Hall–Kier alpha value is -1.79. The number of piperidine rings is 1. The fraction of sp³-hybridized carbons (Fsp3) is 0.533. The van der Waals surface area contributed by atoms with Gasteiger partial charge in [0.25, 0.3) is 0 Å². The average molecular weight is 288 g/mol. The molecule has 0 bridgehead atoms. The van der Waals surface area contributed by atoms with Gasteiger partial charge in [0.05, 0.1) is 12.1 Å². The van der Waals surface area contributed by atoms with Gasteiger partial charge in [0.1, 0.15) is 0 Å². The molecule has 0 saturated carbocycles. The zero-order valence-electron chi connectivity index (χ0n) is 12.2. The van der Waals surface area contributed by atoms with Crippen LogP contribution in [0.3, 0.4) is 0 Å². The molecular formula is C15H20N4O2. The van der Waals surface area contributed by atoms with Crippen molar-refractivity contribution < 1.29 is 9.63 Å². The quantitative estimate of drug-likeness (QED) is 0.919. The molecule has 3 rings (SSSR count). The summed E-state index contributed by atoms with van der Waals surface area (Å²) in [6.07, 6.45) is 5.62. The van der Waals surface area contributed by atoms with Crippen LogP contribution >= 0.6 is 0 Å². The second-order valence-electron chi connectivity index (χ2n) is 5.51. The Morgan fingerprint density at radius 1 is 1.38 bits per heavy atom. The third kappa shape index (κ3) is 3.11. The highest BCUT2D eigenvalue weighted by Gasteiger charge is 2.34. The van der Waals surface area contributed by atoms with E-state index in [1.54, 1.807) is 12.4 Å². The van der Waals surface area contributed by atoms with Gasteiger partial charge in [0, 0.05) is 37.5 Å². The monoisotopic (exact) mass is 288 g/mol. The number of hydrogen-bond donors (Lipinski definition) is 1. The molecule has 0 aliphatic carbocycles. The molecule has 3 heterocycles. The summed E-state index contributed by atoms with van der Waals surface area (Å²) in [7, 11) is 0. The highest BCUT2D eigenvalue weighted by Crippen LogP contribution is 2.32. The van der Waals surface area contributed by atoms with E-state index in [1.807, 2.05) is 19.1 Å². The van der Waals surface area contributed by atoms with E-state index in [-0.39, 0.29) is 0 Å². The number of likely N-dealkylation sites (tertiary alicyclic amines) is 1. The van der Waals surface area contributed by atoms with Crippen molar-refractivity contribution >= 4 is 0 Å². The minimum atomic E-state index is -0.767. The highest BCUT2D eigenvalue weighted by molar-refractivity contribution is 5.18. The number of aliphatic hydroxyl groups is 1. The minimum absolute atomic E-state index is 0.673. The number of pyridine rings is 1. The average Bonchev–Trinajstić information content (AvgIpc) is 2.98. The zero-order valence-corrected chi connectivity index (χ0v) is 12.2. The van der Waals surface area contributed by atoms with Gasteiger partial charge in [0.15, 0.2) is 5.82 Å². The number of rotatable bonds is 4. The molecule has 0 radical (unpaired) electrons. The van der Waals surface area contributed by atoms with Crippen molar-refractivity contribution in [3.63, 3.8) is 0 Å². The van der Waals surface area contributed by atoms with E-state index >= 15 is 0 Å². The summed E-state index contributed by atoms with van der Waals surface area (Å²) in [5.41, 5.74) is 0.133. The molecule has 1 aliphatic heterocycles. The van der Waals surface area contributed by atoms with Gasteiger partial charge >= 0.3 is 0 Å². The third-order valence-corrected chi connectivity index (χ3v) is 4.06. The molecule has 1 fully saturated rings. The Kier molecular flexibility index (Phi) is 3.98. The lowest BCUT2D eigenvalue weighted by Crippen LogP contribution is -2.42. The fourth-order valence-electron chi connectivity index (χ4n) is 2.71. The van der Waals surface area contributed by atoms with E-state index in [0.29, 0.717) is 25.3 Å². The number of hydrogen-bond acceptors (Lipinski definition) is 6. The van der Waals surface area contributed by atoms with Gasteiger partial charge in [-0.05, 0) is 18.9 Å². The molecule has 0 amide bonds. The van der Waals surface area contributed by atoms with E-state index in [1.165, 1.54) is 0 Å². The molecule has 1 saturated heterocycles. The van der Waals surface area contributed by atoms with Crippen molar-refractivity contribution in [2.45, 2.75) is 38.3 Å². The first kappa shape index (κ1) is 14.2. The summed E-state index contributed by atoms with van der Waals surface area (Å²) in [5, 5.41) is 14.7. The van der Waals surface area contributed by atoms with Gasteiger partial charge in [-0.2, -0.15) is 4.98 Å². The van der Waals surface area contributed by atoms with E-state index in [4.69, 9.17) is 4.52 Å². The molecule has 1 aliphatic rings. The van der Waals surface area contributed by atoms with Crippen LogP contribution < -0.4 is 0 Å². The van der Waals surface area contributed by atoms with Gasteiger partial charge in [-0.1, -0.05) is 18.1 Å². The minimum Gasteiger partial charge on any atom is -0.385 e. The summed E-state index contributed by atoms with van der Waals surface area (Å²) < 4.78 is 5.12. The standard InChI is InChI=1S/C15H20N4O2/c1-2-14-17-13(18-21-14)11-19-8-5-15(20,6-9-19)12-4-3-7-16-10-12/h3-4,7,10,20H,2,5-6,8-9,11H2,1H3. The molecule has 6 heteroatoms. The second kappa shape index (κ2) is 5.91. The van der Waals surface area contributed by atoms with Crippen LogP contribution in [-0.2, 0) is 18.6 Å². The normalized spacial score (nSPS) is 18.8. The van der Waals surface area contributed by atoms with E-state index < -0.39 is 5.60 Å². The number of nitrogens with zero attached hydrogens (tertiary/aromatic N) is 4. The van der Waals surface area contributed by atoms with Crippen molar-refractivity contribution in [3.05, 3.63) is 41.8 Å². The first-order chi connectivity index (χ1) is 10.2. The van der Waals surface area contributed by atoms with Crippen LogP contribution in [0.5, 0.6) is 0 Å². The van der Waals surface area contributed by atoms with E-state index in [0.717, 1.165) is 30.9 Å². The molecule has 21 heavy (non-hydrogen) atoms. The van der Waals surface area contributed by atoms with Crippen molar-refractivity contribution in [3.8, 4) is 0 Å². The zero-order chi connectivity index (χ0) is 14.7. The predicted molar refractivity (Wildman–Crippen MR) is 76.3 cm³/mol. The first-order valence-electron chi connectivity index (χ1n) is 7.36. The molecule has 0 aromatic carbocycles. The summed E-state index contributed by atoms with van der Waals surface area (Å²) in [5.74, 6) is 1.40. The van der Waals surface area contributed by atoms with E-state index in [9.17, 15) is 5.11 Å². The smallest absolute Gasteiger partial charge is 0.226 e. The lowest BCUT2D eigenvalue weighted by molar-refractivity contribution is -0.0285. The Morgan fingerprint density at radius 3 is 2.81 bits per heavy atom. The van der Waals surface area contributed by atoms with E-state index in [2.05, 4.69) is 20.0 Å². The topological polar surface area (TPSA) is 75.3 Å². The molecule has 0 atom stereocenters. The lowest BCUT2D eigenvalue weighted by Gasteiger charge is -2.37. The predicted octanol–water partition coefficient (Wildman–Crippen LogP) is 1.51. The van der Waals surface area contributed by atoms with Gasteiger partial charge in [-0.15, -0.1) is 0 Å². The van der Waals surface area contributed by atoms with Crippen molar-refractivity contribution in [2.75, 3.05) is 13.1 Å². The van der Waals surface area contributed by atoms with Crippen LogP contribution in [0, 0.1) is 0 Å². The molecule has 1 N–H and O–H groups in total. The summed E-state index contributed by atoms with van der Waals surface area (Å²) >= 11 is 0. The van der Waals surface area contributed by atoms with Gasteiger partial charge in [-0.25, -0.2) is 0 Å². The molecule has 2 aromatic rings. The van der Waals surface area contributed by atoms with Crippen molar-refractivity contribution in [1.29, 1.82) is 0 Å². The molecule has 0 spiro atoms. The maximum atomic E-state index is 10.8. The lowest BCUT2D eigenvalue weighted by atomic mass is 9.85. The third-order valence-electron chi connectivity index (χ3n) is 4.06. The Morgan fingerprint density at radius 2 is 2.19 bits per heavy atom. The van der Waals surface area contributed by atoms with Crippen LogP contribution in [0.4, 0.5) is 0 Å². The second-order valence-corrected chi connectivity index (χ2v) is 5.51. The van der Waals surface area contributed by atoms with Crippen molar-refractivity contribution in [1.82, 2.24) is 20.0 Å². The van der Waals surface area contributed by atoms with Gasteiger partial charge in [0.2, 0.25) is 5.89 Å². The van der Waals surface area contributed by atoms with Crippen LogP contribution in [0.15, 0.2) is 29.0 Å². The maximum absolute atomic E-state index is 10.8. The summed E-state index contributed by atoms with van der Waals surface area (Å²) in [6, 6.07) is 3.81. The molecule has 0 unspecified atom stereocenters. The SMILES string of the molecule is CCc1nc(CN2CCC(O)(c3cccnc3)CC2)no1. The molecular weight excluding hydrogens is 268 g/mol. The van der Waals surface area contributed by atoms with Crippen LogP contribution in [0.1, 0.15) is 37.0 Å². The van der Waals surface area contributed by atoms with Crippen molar-refractivity contribution in [2.24, 2.45) is 0 Å². The van der Waals surface area contributed by atoms with Gasteiger partial charge < -0.3 is 9.63 Å². The number of aromatic nitrogens is 3. The Bertz CT molecular complexity index is 576. The Balaban J connectivity index is 1.60. The Labute approximate surface area is 123 Å². The van der Waals surface area contributed by atoms with Crippen LogP contribution in [-0.4, -0.2) is 38.2 Å². The van der Waals surface area contributed by atoms with Crippen LogP contribution in [0.2, 0.25) is 0 Å². The molecule has 112 valence electrons. The summed E-state index contributed by atoms with van der Waals surface area (Å²) in [4.78, 5) is 10.7. The number of aryl methyl sites for hydroxylation is 1.